The van der Waals surface area contributed by atoms with Crippen molar-refractivity contribution in [1.82, 2.24) is 19.9 Å². The van der Waals surface area contributed by atoms with Crippen molar-refractivity contribution in [3.63, 3.8) is 0 Å². The number of aromatic nitrogens is 3. The van der Waals surface area contributed by atoms with Crippen LogP contribution in [0.3, 0.4) is 0 Å². The van der Waals surface area contributed by atoms with E-state index in [0.29, 0.717) is 13.0 Å². The van der Waals surface area contributed by atoms with Gasteiger partial charge in [-0.3, -0.25) is 0 Å². The summed E-state index contributed by atoms with van der Waals surface area (Å²) in [7, 11) is 0. The summed E-state index contributed by atoms with van der Waals surface area (Å²) in [5.74, 6) is 6.01. The summed E-state index contributed by atoms with van der Waals surface area (Å²) in [5, 5.41) is 6.83. The molecule has 0 saturated heterocycles. The summed E-state index contributed by atoms with van der Waals surface area (Å²) < 4.78 is 6.79. The predicted molar refractivity (Wildman–Crippen MR) is 89.1 cm³/mol. The van der Waals surface area contributed by atoms with Gasteiger partial charge in [-0.2, -0.15) is 5.10 Å². The Bertz CT molecular complexity index is 878. The Morgan fingerprint density at radius 3 is 3.00 bits per heavy atom. The number of nitrogens with zero attached hydrogens (tertiary/aromatic N) is 3. The molecule has 0 spiro atoms. The maximum absolute atomic E-state index is 11.6. The highest BCUT2D eigenvalue weighted by Gasteiger charge is 2.02. The van der Waals surface area contributed by atoms with Gasteiger partial charge in [-0.1, -0.05) is 42.2 Å². The fraction of sp³-hybridized carbons (Fsp3) is 0.167. The maximum atomic E-state index is 11.6. The van der Waals surface area contributed by atoms with Gasteiger partial charge in [-0.15, -0.1) is 0 Å². The molecular weight excluding hydrogens is 304 g/mol. The number of benzene rings is 1. The number of carbonyl (C=O) groups is 1. The molecule has 2 aromatic heterocycles. The molecule has 0 saturated carbocycles. The topological polar surface area (TPSA) is 68.5 Å². The zero-order valence-corrected chi connectivity index (χ0v) is 13.0. The second-order valence-corrected chi connectivity index (χ2v) is 4.99. The van der Waals surface area contributed by atoms with Crippen LogP contribution >= 0.6 is 0 Å². The van der Waals surface area contributed by atoms with Crippen molar-refractivity contribution in [2.24, 2.45) is 0 Å². The Morgan fingerprint density at radius 2 is 2.12 bits per heavy atom. The van der Waals surface area contributed by atoms with Crippen LogP contribution in [0.5, 0.6) is 0 Å². The van der Waals surface area contributed by atoms with Crippen molar-refractivity contribution in [2.45, 2.75) is 13.0 Å². The van der Waals surface area contributed by atoms with Gasteiger partial charge in [-0.05, 0) is 11.6 Å². The first-order valence-electron chi connectivity index (χ1n) is 7.55. The molecule has 2 heterocycles. The summed E-state index contributed by atoms with van der Waals surface area (Å²) in [6.07, 6.45) is 5.27. The summed E-state index contributed by atoms with van der Waals surface area (Å²) in [4.78, 5) is 15.8. The van der Waals surface area contributed by atoms with Gasteiger partial charge >= 0.3 is 6.09 Å². The molecule has 3 rings (SSSR count). The van der Waals surface area contributed by atoms with E-state index in [-0.39, 0.29) is 6.61 Å². The molecule has 24 heavy (non-hydrogen) atoms. The van der Waals surface area contributed by atoms with Crippen molar-refractivity contribution in [3.8, 4) is 11.8 Å². The third-order valence-electron chi connectivity index (χ3n) is 3.23. The van der Waals surface area contributed by atoms with Crippen LogP contribution in [-0.2, 0) is 11.3 Å². The highest BCUT2D eigenvalue weighted by Crippen LogP contribution is 2.04. The minimum absolute atomic E-state index is 0.256. The number of fused-ring (bicyclic) bond motifs is 1. The van der Waals surface area contributed by atoms with E-state index in [1.165, 1.54) is 0 Å². The average molecular weight is 320 g/mol. The van der Waals surface area contributed by atoms with Crippen LogP contribution in [0, 0.1) is 11.8 Å². The van der Waals surface area contributed by atoms with Gasteiger partial charge in [0.15, 0.2) is 5.65 Å². The lowest BCUT2D eigenvalue weighted by atomic mass is 10.2. The SMILES string of the molecule is O=C(NCCC#Cc1cnn2cccnc12)OCc1ccccc1. The molecule has 0 radical (unpaired) electrons. The van der Waals surface area contributed by atoms with Crippen molar-refractivity contribution in [3.05, 3.63) is 66.1 Å². The number of hydrogen-bond acceptors (Lipinski definition) is 4. The molecule has 0 atom stereocenters. The fourth-order valence-electron chi connectivity index (χ4n) is 2.07. The van der Waals surface area contributed by atoms with E-state index >= 15 is 0 Å². The zero-order chi connectivity index (χ0) is 16.6. The van der Waals surface area contributed by atoms with Gasteiger partial charge in [-0.25, -0.2) is 14.3 Å². The van der Waals surface area contributed by atoms with Gasteiger partial charge in [0, 0.05) is 25.4 Å². The van der Waals surface area contributed by atoms with Crippen molar-refractivity contribution in [1.29, 1.82) is 0 Å². The fourth-order valence-corrected chi connectivity index (χ4v) is 2.07. The molecule has 0 aliphatic heterocycles. The average Bonchev–Trinajstić information content (AvgIpc) is 3.04. The number of nitrogens with one attached hydrogen (secondary N) is 1. The molecule has 0 unspecified atom stereocenters. The Morgan fingerprint density at radius 1 is 1.25 bits per heavy atom. The number of amides is 1. The first kappa shape index (κ1) is 15.6. The van der Waals surface area contributed by atoms with E-state index in [1.54, 1.807) is 16.9 Å². The van der Waals surface area contributed by atoms with Crippen LogP contribution in [0.4, 0.5) is 4.79 Å². The Kier molecular flexibility index (Phi) is 5.05. The lowest BCUT2D eigenvalue weighted by molar-refractivity contribution is 0.140. The number of hydrogen-bond donors (Lipinski definition) is 1. The smallest absolute Gasteiger partial charge is 0.407 e. The molecule has 6 heteroatoms. The van der Waals surface area contributed by atoms with Crippen molar-refractivity contribution in [2.75, 3.05) is 6.54 Å². The molecule has 0 aliphatic rings. The van der Waals surface area contributed by atoms with Crippen LogP contribution < -0.4 is 5.32 Å². The lowest BCUT2D eigenvalue weighted by Gasteiger charge is -2.05. The number of carbonyl (C=O) groups excluding carboxylic acids is 1. The van der Waals surface area contributed by atoms with E-state index in [9.17, 15) is 4.79 Å². The third kappa shape index (κ3) is 4.11. The van der Waals surface area contributed by atoms with Gasteiger partial charge in [0.05, 0.1) is 11.8 Å². The van der Waals surface area contributed by atoms with Crippen LogP contribution in [0.25, 0.3) is 5.65 Å². The minimum Gasteiger partial charge on any atom is -0.445 e. The third-order valence-corrected chi connectivity index (χ3v) is 3.23. The predicted octanol–water partition coefficient (Wildman–Crippen LogP) is 2.40. The van der Waals surface area contributed by atoms with Crippen LogP contribution in [0.15, 0.2) is 55.0 Å². The van der Waals surface area contributed by atoms with Crippen molar-refractivity contribution >= 4 is 11.7 Å². The highest BCUT2D eigenvalue weighted by atomic mass is 16.5. The number of ether oxygens (including phenoxy) is 1. The first-order valence-corrected chi connectivity index (χ1v) is 7.55. The first-order chi connectivity index (χ1) is 11.8. The molecule has 0 bridgehead atoms. The molecule has 0 aliphatic carbocycles. The van der Waals surface area contributed by atoms with Gasteiger partial charge in [0.2, 0.25) is 0 Å². The van der Waals surface area contributed by atoms with E-state index in [4.69, 9.17) is 4.74 Å². The zero-order valence-electron chi connectivity index (χ0n) is 13.0. The van der Waals surface area contributed by atoms with E-state index in [1.807, 2.05) is 42.6 Å². The second kappa shape index (κ2) is 7.79. The monoisotopic (exact) mass is 320 g/mol. The Balaban J connectivity index is 1.42. The van der Waals surface area contributed by atoms with Gasteiger partial charge in [0.1, 0.15) is 6.61 Å². The van der Waals surface area contributed by atoms with Crippen molar-refractivity contribution < 1.29 is 9.53 Å². The Hall–Kier alpha value is -3.33. The molecule has 6 nitrogen and oxygen atoms in total. The van der Waals surface area contributed by atoms with Crippen LogP contribution in [-0.4, -0.2) is 27.2 Å². The molecule has 1 amide bonds. The minimum atomic E-state index is -0.446. The molecule has 1 aromatic carbocycles. The normalized spacial score (nSPS) is 10.0. The van der Waals surface area contributed by atoms with E-state index in [0.717, 1.165) is 16.8 Å². The molecule has 0 fully saturated rings. The summed E-state index contributed by atoms with van der Waals surface area (Å²) >= 11 is 0. The van der Waals surface area contributed by atoms with Gasteiger partial charge in [0.25, 0.3) is 0 Å². The molecular formula is C18H16N4O2. The second-order valence-electron chi connectivity index (χ2n) is 4.99. The molecule has 1 N–H and O–H groups in total. The van der Waals surface area contributed by atoms with Gasteiger partial charge < -0.3 is 10.1 Å². The largest absolute Gasteiger partial charge is 0.445 e. The number of rotatable bonds is 4. The highest BCUT2D eigenvalue weighted by molar-refractivity contribution is 5.67. The quantitative estimate of drug-likeness (QED) is 0.592. The molecule has 120 valence electrons. The maximum Gasteiger partial charge on any atom is 0.407 e. The van der Waals surface area contributed by atoms with E-state index < -0.39 is 6.09 Å². The standard InChI is InChI=1S/C18H16N4O2/c23-18(24-14-15-7-2-1-3-8-15)20-10-5-4-9-16-13-21-22-12-6-11-19-17(16)22/h1-3,6-8,11-13H,5,10,14H2,(H,20,23). The number of alkyl carbamates (subject to hydrolysis) is 1. The van der Waals surface area contributed by atoms with Crippen LogP contribution in [0.2, 0.25) is 0 Å². The Labute approximate surface area is 139 Å². The lowest BCUT2D eigenvalue weighted by Crippen LogP contribution is -2.24. The summed E-state index contributed by atoms with van der Waals surface area (Å²) in [6, 6.07) is 11.3. The van der Waals surface area contributed by atoms with E-state index in [2.05, 4.69) is 27.2 Å². The summed E-state index contributed by atoms with van der Waals surface area (Å²) in [5.41, 5.74) is 2.44. The van der Waals surface area contributed by atoms with Crippen LogP contribution in [0.1, 0.15) is 17.5 Å². The summed E-state index contributed by atoms with van der Waals surface area (Å²) in [6.45, 7) is 0.680. The molecule has 3 aromatic rings.